The molecule has 0 aliphatic rings. The lowest BCUT2D eigenvalue weighted by Gasteiger charge is -2.01. The Morgan fingerprint density at radius 2 is 2.29 bits per heavy atom. The summed E-state index contributed by atoms with van der Waals surface area (Å²) < 4.78 is 32.6. The number of ether oxygens (including phenoxy) is 1. The molecule has 0 amide bonds. The van der Waals surface area contributed by atoms with Gasteiger partial charge in [-0.25, -0.2) is 23.0 Å². The van der Waals surface area contributed by atoms with Crippen LogP contribution in [0.5, 0.6) is 6.01 Å². The number of rotatable bonds is 6. The summed E-state index contributed by atoms with van der Waals surface area (Å²) in [6, 6.07) is 1.05. The molecule has 10 nitrogen and oxygen atoms in total. The minimum absolute atomic E-state index is 0.00878. The quantitative estimate of drug-likeness (QED) is 0.683. The van der Waals surface area contributed by atoms with E-state index >= 15 is 0 Å². The summed E-state index contributed by atoms with van der Waals surface area (Å²) in [5, 5.41) is 14.9. The van der Waals surface area contributed by atoms with E-state index in [0.29, 0.717) is 6.61 Å². The van der Waals surface area contributed by atoms with Gasteiger partial charge < -0.3 is 14.4 Å². The molecule has 3 N–H and O–H groups in total. The average molecular weight is 315 g/mol. The number of carboxylic acid groups (broad SMARTS) is 1. The van der Waals surface area contributed by atoms with E-state index in [9.17, 15) is 13.2 Å². The normalized spacial score (nSPS) is 11.3. The minimum Gasteiger partial charge on any atom is -0.477 e. The van der Waals surface area contributed by atoms with Gasteiger partial charge in [-0.15, -0.1) is 5.10 Å². The molecule has 0 spiro atoms. The number of hydrogen-bond donors (Lipinski definition) is 3. The van der Waals surface area contributed by atoms with E-state index in [4.69, 9.17) is 9.84 Å². The highest BCUT2D eigenvalue weighted by Gasteiger charge is 2.21. The largest absolute Gasteiger partial charge is 0.477 e. The first-order chi connectivity index (χ1) is 9.83. The number of carboxylic acids is 1. The van der Waals surface area contributed by atoms with Crippen LogP contribution in [0.1, 0.15) is 17.4 Å². The molecule has 0 aliphatic carbocycles. The highest BCUT2D eigenvalue weighted by Crippen LogP contribution is 2.17. The summed E-state index contributed by atoms with van der Waals surface area (Å²) in [4.78, 5) is 14.5. The Kier molecular flexibility index (Phi) is 3.84. The molecule has 0 unspecified atom stereocenters. The lowest BCUT2D eigenvalue weighted by Crippen LogP contribution is -2.13. The Balaban J connectivity index is 2.25. The Hall–Kier alpha value is -2.56. The van der Waals surface area contributed by atoms with Crippen LogP contribution in [0, 0.1) is 0 Å². The van der Waals surface area contributed by atoms with Crippen molar-refractivity contribution in [3.05, 3.63) is 18.0 Å². The summed E-state index contributed by atoms with van der Waals surface area (Å²) in [7, 11) is -2.54. The lowest BCUT2D eigenvalue weighted by atomic mass is 10.4. The van der Waals surface area contributed by atoms with Gasteiger partial charge in [0, 0.05) is 13.2 Å². The molecule has 0 saturated heterocycles. The SMILES string of the molecule is CCOc1n[nH]c(NS(=O)(=O)c2cc(C(=O)O)n(C)c2)n1. The first-order valence-corrected chi connectivity index (χ1v) is 7.29. The van der Waals surface area contributed by atoms with Crippen LogP contribution in [-0.4, -0.2) is 45.8 Å². The Labute approximate surface area is 119 Å². The van der Waals surface area contributed by atoms with Crippen LogP contribution in [0.3, 0.4) is 0 Å². The summed E-state index contributed by atoms with van der Waals surface area (Å²) in [5.41, 5.74) is -0.150. The molecule has 2 aromatic rings. The van der Waals surface area contributed by atoms with E-state index in [1.807, 2.05) is 0 Å². The van der Waals surface area contributed by atoms with Crippen LogP contribution >= 0.6 is 0 Å². The summed E-state index contributed by atoms with van der Waals surface area (Å²) >= 11 is 0. The second kappa shape index (κ2) is 5.44. The van der Waals surface area contributed by atoms with Gasteiger partial charge in [-0.3, -0.25) is 0 Å². The van der Waals surface area contributed by atoms with Gasteiger partial charge in [0.05, 0.1) is 6.61 Å². The predicted molar refractivity (Wildman–Crippen MR) is 70.7 cm³/mol. The van der Waals surface area contributed by atoms with Crippen molar-refractivity contribution in [2.75, 3.05) is 11.3 Å². The molecular weight excluding hydrogens is 302 g/mol. The van der Waals surface area contributed by atoms with Gasteiger partial charge in [0.15, 0.2) is 0 Å². The molecule has 2 heterocycles. The van der Waals surface area contributed by atoms with E-state index in [2.05, 4.69) is 19.9 Å². The summed E-state index contributed by atoms with van der Waals surface area (Å²) in [5.74, 6) is -1.35. The fourth-order valence-electron chi connectivity index (χ4n) is 1.57. The van der Waals surface area contributed by atoms with Gasteiger partial charge in [-0.1, -0.05) is 0 Å². The maximum Gasteiger partial charge on any atom is 0.352 e. The third-order valence-corrected chi connectivity index (χ3v) is 3.78. The number of nitrogens with zero attached hydrogens (tertiary/aromatic N) is 3. The first-order valence-electron chi connectivity index (χ1n) is 5.81. The number of aromatic carboxylic acids is 1. The molecule has 0 radical (unpaired) electrons. The molecule has 0 aliphatic heterocycles. The summed E-state index contributed by atoms with van der Waals surface area (Å²) in [6.07, 6.45) is 1.19. The van der Waals surface area contributed by atoms with Crippen molar-refractivity contribution in [1.29, 1.82) is 0 Å². The van der Waals surface area contributed by atoms with Crippen LogP contribution in [0.15, 0.2) is 17.2 Å². The smallest absolute Gasteiger partial charge is 0.352 e. The van der Waals surface area contributed by atoms with Crippen LogP contribution in [0.4, 0.5) is 5.95 Å². The zero-order chi connectivity index (χ0) is 15.6. The Morgan fingerprint density at radius 1 is 1.57 bits per heavy atom. The van der Waals surface area contributed by atoms with E-state index in [1.54, 1.807) is 6.92 Å². The third-order valence-electron chi connectivity index (χ3n) is 2.48. The summed E-state index contributed by atoms with van der Waals surface area (Å²) in [6.45, 7) is 2.07. The lowest BCUT2D eigenvalue weighted by molar-refractivity contribution is 0.0686. The number of sulfonamides is 1. The van der Waals surface area contributed by atoms with Crippen LogP contribution in [0.25, 0.3) is 0 Å². The van der Waals surface area contributed by atoms with Crippen LogP contribution in [0.2, 0.25) is 0 Å². The van der Waals surface area contributed by atoms with Gasteiger partial charge >= 0.3 is 12.0 Å². The van der Waals surface area contributed by atoms with Gasteiger partial charge in [-0.2, -0.15) is 4.98 Å². The van der Waals surface area contributed by atoms with Crippen molar-refractivity contribution in [3.8, 4) is 6.01 Å². The highest BCUT2D eigenvalue weighted by molar-refractivity contribution is 7.92. The Bertz CT molecular complexity index is 763. The topological polar surface area (TPSA) is 139 Å². The van der Waals surface area contributed by atoms with Gasteiger partial charge in [0.1, 0.15) is 10.6 Å². The van der Waals surface area contributed by atoms with Crippen molar-refractivity contribution >= 4 is 21.9 Å². The molecule has 0 aromatic carbocycles. The third kappa shape index (κ3) is 3.13. The molecule has 0 fully saturated rings. The zero-order valence-corrected chi connectivity index (χ0v) is 12.0. The van der Waals surface area contributed by atoms with E-state index in [1.165, 1.54) is 17.8 Å². The second-order valence-corrected chi connectivity index (χ2v) is 5.66. The predicted octanol–water partition coefficient (Wildman–Crippen LogP) is 0.0409. The van der Waals surface area contributed by atoms with Crippen molar-refractivity contribution < 1.29 is 23.1 Å². The zero-order valence-electron chi connectivity index (χ0n) is 11.2. The second-order valence-electron chi connectivity index (χ2n) is 3.98. The monoisotopic (exact) mass is 315 g/mol. The number of aromatic amines is 1. The molecular formula is C10H13N5O5S. The number of carbonyl (C=O) groups is 1. The standard InChI is InChI=1S/C10H13N5O5S/c1-3-20-10-11-9(12-13-10)14-21(18,19)6-4-7(8(16)17)15(2)5-6/h4-5H,3H2,1-2H3,(H,16,17)(H2,11,12,13,14). The highest BCUT2D eigenvalue weighted by atomic mass is 32.2. The number of aryl methyl sites for hydroxylation is 1. The molecule has 0 bridgehead atoms. The minimum atomic E-state index is -3.97. The number of aromatic nitrogens is 4. The van der Waals surface area contributed by atoms with E-state index < -0.39 is 16.0 Å². The van der Waals surface area contributed by atoms with Crippen LogP contribution < -0.4 is 9.46 Å². The molecule has 0 atom stereocenters. The molecule has 2 aromatic heterocycles. The fourth-order valence-corrected chi connectivity index (χ4v) is 2.59. The molecule has 21 heavy (non-hydrogen) atoms. The van der Waals surface area contributed by atoms with Gasteiger partial charge in [0.25, 0.3) is 10.0 Å². The maximum atomic E-state index is 12.1. The number of nitrogens with one attached hydrogen (secondary N) is 2. The van der Waals surface area contributed by atoms with Crippen molar-refractivity contribution in [1.82, 2.24) is 19.7 Å². The van der Waals surface area contributed by atoms with E-state index in [0.717, 1.165) is 6.07 Å². The van der Waals surface area contributed by atoms with Crippen molar-refractivity contribution in [2.45, 2.75) is 11.8 Å². The average Bonchev–Trinajstić information content (AvgIpc) is 2.96. The fraction of sp³-hybridized carbons (Fsp3) is 0.300. The van der Waals surface area contributed by atoms with Crippen molar-refractivity contribution in [3.63, 3.8) is 0 Å². The number of anilines is 1. The van der Waals surface area contributed by atoms with Crippen molar-refractivity contribution in [2.24, 2.45) is 7.05 Å². The van der Waals surface area contributed by atoms with Gasteiger partial charge in [0.2, 0.25) is 5.95 Å². The van der Waals surface area contributed by atoms with Crippen LogP contribution in [-0.2, 0) is 17.1 Å². The molecule has 11 heteroatoms. The molecule has 114 valence electrons. The Morgan fingerprint density at radius 3 is 2.86 bits per heavy atom. The van der Waals surface area contributed by atoms with E-state index in [-0.39, 0.29) is 22.5 Å². The van der Waals surface area contributed by atoms with Gasteiger partial charge in [-0.05, 0) is 13.0 Å². The maximum absolute atomic E-state index is 12.1. The first kappa shape index (κ1) is 14.8. The molecule has 2 rings (SSSR count). The number of H-pyrrole nitrogens is 1. The number of hydrogen-bond acceptors (Lipinski definition) is 6. The molecule has 0 saturated carbocycles.